The lowest BCUT2D eigenvalue weighted by molar-refractivity contribution is 0.0865. The molecule has 1 aliphatic heterocycles. The van der Waals surface area contributed by atoms with E-state index < -0.39 is 9.04 Å². The third kappa shape index (κ3) is 4.20. The molecule has 0 aromatic heterocycles. The fraction of sp³-hybridized carbons (Fsp3) is 0.364. The Bertz CT molecular complexity index is 883. The Morgan fingerprint density at radius 2 is 1.74 bits per heavy atom. The highest BCUT2D eigenvalue weighted by Crippen LogP contribution is 2.37. The molecule has 1 N–H and O–H groups in total. The van der Waals surface area contributed by atoms with Gasteiger partial charge in [-0.3, -0.25) is 14.9 Å². The summed E-state index contributed by atoms with van der Waals surface area (Å²) < 4.78 is 6.34. The second-order valence-electron chi connectivity index (χ2n) is 8.48. The van der Waals surface area contributed by atoms with Crippen LogP contribution >= 0.6 is 0 Å². The zero-order chi connectivity index (χ0) is 19.8. The van der Waals surface area contributed by atoms with Crippen LogP contribution in [0, 0.1) is 5.41 Å². The van der Waals surface area contributed by atoms with Gasteiger partial charge in [-0.2, -0.15) is 0 Å². The maximum atomic E-state index is 12.2. The van der Waals surface area contributed by atoms with E-state index in [4.69, 9.17) is 4.43 Å². The molecule has 0 saturated carbocycles. The van der Waals surface area contributed by atoms with Gasteiger partial charge in [0, 0.05) is 0 Å². The molecular weight excluding hydrogens is 354 g/mol. The van der Waals surface area contributed by atoms with Crippen LogP contribution in [-0.2, 0) is 10.8 Å². The number of hydrogen-bond donors (Lipinski definition) is 1. The van der Waals surface area contributed by atoms with Gasteiger partial charge in [-0.25, -0.2) is 0 Å². The first-order valence-corrected chi connectivity index (χ1v) is 12.2. The summed E-state index contributed by atoms with van der Waals surface area (Å²) in [6.45, 7) is 11.0. The number of fused-ring (bicyclic) bond motifs is 1. The van der Waals surface area contributed by atoms with E-state index in [0.29, 0.717) is 17.5 Å². The number of carbonyl (C=O) groups excluding carboxylic acids is 2. The topological polar surface area (TPSA) is 55.4 Å². The Morgan fingerprint density at radius 3 is 2.41 bits per heavy atom. The number of nitrogens with one attached hydrogen (secondary N) is 1. The summed E-state index contributed by atoms with van der Waals surface area (Å²) in [6.07, 6.45) is 0.642. The lowest BCUT2D eigenvalue weighted by Gasteiger charge is -2.33. The Hall–Kier alpha value is -2.24. The molecule has 0 aliphatic carbocycles. The van der Waals surface area contributed by atoms with Crippen LogP contribution in [0.25, 0.3) is 0 Å². The molecule has 1 heterocycles. The van der Waals surface area contributed by atoms with Crippen molar-refractivity contribution in [2.24, 2.45) is 5.41 Å². The van der Waals surface area contributed by atoms with Crippen molar-refractivity contribution in [3.05, 3.63) is 70.3 Å². The first-order chi connectivity index (χ1) is 12.7. The van der Waals surface area contributed by atoms with Crippen molar-refractivity contribution < 1.29 is 14.0 Å². The van der Waals surface area contributed by atoms with Gasteiger partial charge in [0.05, 0.1) is 17.2 Å². The van der Waals surface area contributed by atoms with E-state index >= 15 is 0 Å². The van der Waals surface area contributed by atoms with Gasteiger partial charge >= 0.3 is 0 Å². The molecule has 1 unspecified atom stereocenters. The molecule has 1 atom stereocenters. The fourth-order valence-electron chi connectivity index (χ4n) is 3.58. The Kier molecular flexibility index (Phi) is 5.35. The second kappa shape index (κ2) is 7.41. The minimum absolute atomic E-state index is 0.00378. The highest BCUT2D eigenvalue weighted by Gasteiger charge is 2.30. The number of benzene rings is 2. The fourth-order valence-corrected chi connectivity index (χ4v) is 4.69. The molecule has 142 valence electrons. The number of imide groups is 1. The highest BCUT2D eigenvalue weighted by molar-refractivity contribution is 6.48. The maximum absolute atomic E-state index is 12.2. The minimum atomic E-state index is -1.20. The molecule has 0 spiro atoms. The van der Waals surface area contributed by atoms with E-state index in [2.05, 4.69) is 57.4 Å². The van der Waals surface area contributed by atoms with Crippen LogP contribution in [-0.4, -0.2) is 20.9 Å². The number of amides is 2. The summed E-state index contributed by atoms with van der Waals surface area (Å²) in [5.74, 6) is -0.614. The van der Waals surface area contributed by atoms with E-state index in [0.717, 1.165) is 16.7 Å². The maximum Gasteiger partial charge on any atom is 0.259 e. The van der Waals surface area contributed by atoms with Crippen LogP contribution in [0.4, 0.5) is 0 Å². The molecule has 0 fully saturated rings. The number of rotatable bonds is 5. The minimum Gasteiger partial charge on any atom is -0.413 e. The van der Waals surface area contributed by atoms with Crippen molar-refractivity contribution in [2.75, 3.05) is 0 Å². The summed E-state index contributed by atoms with van der Waals surface area (Å²) >= 11 is 0. The normalized spacial score (nSPS) is 15.0. The lowest BCUT2D eigenvalue weighted by atomic mass is 9.84. The summed E-state index contributed by atoms with van der Waals surface area (Å²) in [6, 6.07) is 13.8. The molecule has 0 saturated heterocycles. The standard InChI is InChI=1S/C22H27NO3Si/c1-22(2,3)19(26-27(4)5)16-10-6-8-14(13-16)12-15-9-7-11-17-18(15)21(25)23-20(17)24/h6-11,13,19,27H,12H2,1-5H3,(H,23,24,25). The summed E-state index contributed by atoms with van der Waals surface area (Å²) in [4.78, 5) is 24.1. The van der Waals surface area contributed by atoms with E-state index in [1.807, 2.05) is 18.2 Å². The molecule has 1 aliphatic rings. The molecule has 5 heteroatoms. The third-order valence-corrected chi connectivity index (χ3v) is 5.51. The first kappa shape index (κ1) is 19.5. The van der Waals surface area contributed by atoms with Gasteiger partial charge in [-0.05, 0) is 47.7 Å². The number of carbonyl (C=O) groups is 2. The SMILES string of the molecule is C[SiH](C)OC(c1cccc(Cc2cccc3c2C(=O)NC3=O)c1)C(C)(C)C. The first-order valence-electron chi connectivity index (χ1n) is 9.38. The van der Waals surface area contributed by atoms with Crippen molar-refractivity contribution in [1.29, 1.82) is 0 Å². The number of hydrogen-bond acceptors (Lipinski definition) is 3. The van der Waals surface area contributed by atoms with Gasteiger partial charge in [-0.15, -0.1) is 0 Å². The van der Waals surface area contributed by atoms with E-state index in [1.165, 1.54) is 0 Å². The molecule has 4 nitrogen and oxygen atoms in total. The van der Waals surface area contributed by atoms with Crippen LogP contribution < -0.4 is 5.32 Å². The molecule has 3 rings (SSSR count). The zero-order valence-electron chi connectivity index (χ0n) is 16.6. The van der Waals surface area contributed by atoms with Crippen molar-refractivity contribution >= 4 is 20.9 Å². The smallest absolute Gasteiger partial charge is 0.259 e. The van der Waals surface area contributed by atoms with Gasteiger partial charge in [-0.1, -0.05) is 57.2 Å². The van der Waals surface area contributed by atoms with Gasteiger partial charge in [0.15, 0.2) is 9.04 Å². The highest BCUT2D eigenvalue weighted by atomic mass is 28.3. The van der Waals surface area contributed by atoms with Crippen LogP contribution in [0.3, 0.4) is 0 Å². The van der Waals surface area contributed by atoms with Gasteiger partial charge in [0.25, 0.3) is 11.8 Å². The molecule has 0 radical (unpaired) electrons. The molecular formula is C22H27NO3Si. The van der Waals surface area contributed by atoms with Crippen molar-refractivity contribution in [1.82, 2.24) is 5.32 Å². The van der Waals surface area contributed by atoms with E-state index in [-0.39, 0.29) is 23.3 Å². The predicted molar refractivity (Wildman–Crippen MR) is 110 cm³/mol. The molecule has 2 amide bonds. The lowest BCUT2D eigenvalue weighted by Crippen LogP contribution is -2.26. The van der Waals surface area contributed by atoms with E-state index in [1.54, 1.807) is 6.07 Å². The van der Waals surface area contributed by atoms with Crippen LogP contribution in [0.1, 0.15) is 64.3 Å². The Morgan fingerprint density at radius 1 is 1.04 bits per heavy atom. The monoisotopic (exact) mass is 381 g/mol. The molecule has 2 aromatic rings. The van der Waals surface area contributed by atoms with Gasteiger partial charge in [0.2, 0.25) is 0 Å². The summed E-state index contributed by atoms with van der Waals surface area (Å²) in [5, 5.41) is 2.39. The zero-order valence-corrected chi connectivity index (χ0v) is 17.8. The van der Waals surface area contributed by atoms with Crippen molar-refractivity contribution in [3.8, 4) is 0 Å². The van der Waals surface area contributed by atoms with Crippen LogP contribution in [0.5, 0.6) is 0 Å². The largest absolute Gasteiger partial charge is 0.413 e. The van der Waals surface area contributed by atoms with E-state index in [9.17, 15) is 9.59 Å². The average molecular weight is 382 g/mol. The van der Waals surface area contributed by atoms with Crippen LogP contribution in [0.15, 0.2) is 42.5 Å². The molecule has 0 bridgehead atoms. The van der Waals surface area contributed by atoms with Gasteiger partial charge < -0.3 is 4.43 Å². The second-order valence-corrected chi connectivity index (χ2v) is 10.8. The van der Waals surface area contributed by atoms with Crippen molar-refractivity contribution in [3.63, 3.8) is 0 Å². The quantitative estimate of drug-likeness (QED) is 0.622. The van der Waals surface area contributed by atoms with Crippen LogP contribution in [0.2, 0.25) is 13.1 Å². The molecule has 27 heavy (non-hydrogen) atoms. The Balaban J connectivity index is 1.94. The van der Waals surface area contributed by atoms with Crippen molar-refractivity contribution in [2.45, 2.75) is 46.4 Å². The third-order valence-electron chi connectivity index (χ3n) is 4.69. The summed E-state index contributed by atoms with van der Waals surface area (Å²) in [7, 11) is -1.20. The van der Waals surface area contributed by atoms with Gasteiger partial charge in [0.1, 0.15) is 0 Å². The molecule has 2 aromatic carbocycles. The Labute approximate surface area is 162 Å². The average Bonchev–Trinajstić information content (AvgIpc) is 2.87. The summed E-state index contributed by atoms with van der Waals surface area (Å²) in [5.41, 5.74) is 4.11. The predicted octanol–water partition coefficient (Wildman–Crippen LogP) is 4.25.